The Morgan fingerprint density at radius 1 is 0.865 bits per heavy atom. The Kier molecular flexibility index (Phi) is 10.0. The molecule has 0 unspecified atom stereocenters. The summed E-state index contributed by atoms with van der Waals surface area (Å²) in [6, 6.07) is 21.3. The lowest BCUT2D eigenvalue weighted by molar-refractivity contribution is -0.139. The minimum atomic E-state index is -0.895. The van der Waals surface area contributed by atoms with Crippen molar-refractivity contribution in [3.8, 4) is 17.2 Å². The summed E-state index contributed by atoms with van der Waals surface area (Å²) in [5.74, 6) is -0.352. The van der Waals surface area contributed by atoms with Crippen LogP contribution < -0.4 is 30.3 Å². The molecule has 3 rings (SSSR count). The standard InChI is InChI=1S/C27H28N4O6/c1-35-23-12-11-19(16-24(23)36-2)13-14-28-26(33)27(34)31-29-17-20-7-6-10-22(15-20)37-18-25(32)30-21-8-4-3-5-9-21/h3-12,15-17H,13-14,18H2,1-2H3,(H,28,33)(H,30,32)(H,31,34)/b29-17-. The number of rotatable bonds is 11. The highest BCUT2D eigenvalue weighted by Gasteiger charge is 2.12. The van der Waals surface area contributed by atoms with Gasteiger partial charge in [-0.3, -0.25) is 14.4 Å². The number of carbonyl (C=O) groups is 3. The molecule has 3 aromatic carbocycles. The van der Waals surface area contributed by atoms with Crippen molar-refractivity contribution >= 4 is 29.6 Å². The van der Waals surface area contributed by atoms with E-state index in [1.54, 1.807) is 56.7 Å². The molecule has 0 spiro atoms. The number of hydrogen-bond acceptors (Lipinski definition) is 7. The number of nitrogens with one attached hydrogen (secondary N) is 3. The predicted molar refractivity (Wildman–Crippen MR) is 139 cm³/mol. The van der Waals surface area contributed by atoms with Crippen LogP contribution in [0.4, 0.5) is 5.69 Å². The zero-order chi connectivity index (χ0) is 26.5. The summed E-state index contributed by atoms with van der Waals surface area (Å²) in [5, 5.41) is 9.09. The molecule has 37 heavy (non-hydrogen) atoms. The molecule has 0 saturated carbocycles. The first-order valence-corrected chi connectivity index (χ1v) is 11.4. The highest BCUT2D eigenvalue weighted by molar-refractivity contribution is 6.35. The van der Waals surface area contributed by atoms with Crippen LogP contribution in [0, 0.1) is 0 Å². The molecule has 0 aliphatic carbocycles. The zero-order valence-corrected chi connectivity index (χ0v) is 20.5. The summed E-state index contributed by atoms with van der Waals surface area (Å²) in [6.07, 6.45) is 1.87. The number of amides is 3. The third kappa shape index (κ3) is 8.70. The lowest BCUT2D eigenvalue weighted by Gasteiger charge is -2.10. The normalized spacial score (nSPS) is 10.4. The molecule has 3 amide bonds. The molecule has 0 aromatic heterocycles. The minimum absolute atomic E-state index is 0.171. The average Bonchev–Trinajstić information content (AvgIpc) is 2.92. The van der Waals surface area contributed by atoms with Crippen LogP contribution in [0.2, 0.25) is 0 Å². The van der Waals surface area contributed by atoms with Crippen molar-refractivity contribution in [1.29, 1.82) is 0 Å². The molecule has 0 fully saturated rings. The summed E-state index contributed by atoms with van der Waals surface area (Å²) in [4.78, 5) is 36.1. The van der Waals surface area contributed by atoms with Crippen molar-refractivity contribution in [3.63, 3.8) is 0 Å². The van der Waals surface area contributed by atoms with Gasteiger partial charge in [0.15, 0.2) is 18.1 Å². The van der Waals surface area contributed by atoms with E-state index in [1.165, 1.54) is 6.21 Å². The number of carbonyl (C=O) groups excluding carboxylic acids is 3. The van der Waals surface area contributed by atoms with Gasteiger partial charge in [-0.15, -0.1) is 0 Å². The highest BCUT2D eigenvalue weighted by atomic mass is 16.5. The third-order valence-electron chi connectivity index (χ3n) is 5.02. The van der Waals surface area contributed by atoms with Gasteiger partial charge in [0.1, 0.15) is 5.75 Å². The highest BCUT2D eigenvalue weighted by Crippen LogP contribution is 2.27. The second kappa shape index (κ2) is 13.9. The Balaban J connectivity index is 1.41. The Hall–Kier alpha value is -4.86. The summed E-state index contributed by atoms with van der Waals surface area (Å²) in [5.41, 5.74) is 4.38. The van der Waals surface area contributed by atoms with E-state index in [2.05, 4.69) is 21.2 Å². The van der Waals surface area contributed by atoms with Gasteiger partial charge in [0.25, 0.3) is 5.91 Å². The van der Waals surface area contributed by atoms with E-state index in [-0.39, 0.29) is 19.1 Å². The maximum Gasteiger partial charge on any atom is 0.329 e. The molecule has 0 heterocycles. The molecule has 0 bridgehead atoms. The topological polar surface area (TPSA) is 127 Å². The number of nitrogens with zero attached hydrogens (tertiary/aromatic N) is 1. The maximum absolute atomic E-state index is 12.0. The number of para-hydroxylation sites is 1. The minimum Gasteiger partial charge on any atom is -0.493 e. The van der Waals surface area contributed by atoms with Gasteiger partial charge >= 0.3 is 11.8 Å². The molecular weight excluding hydrogens is 476 g/mol. The fraction of sp³-hybridized carbons (Fsp3) is 0.185. The lowest BCUT2D eigenvalue weighted by atomic mass is 10.1. The quantitative estimate of drug-likeness (QED) is 0.209. The van der Waals surface area contributed by atoms with Crippen molar-refractivity contribution in [3.05, 3.63) is 83.9 Å². The fourth-order valence-electron chi connectivity index (χ4n) is 3.21. The first-order valence-electron chi connectivity index (χ1n) is 11.4. The van der Waals surface area contributed by atoms with Crippen molar-refractivity contribution in [2.45, 2.75) is 6.42 Å². The molecule has 3 N–H and O–H groups in total. The zero-order valence-electron chi connectivity index (χ0n) is 20.5. The molecule has 192 valence electrons. The van der Waals surface area contributed by atoms with Crippen molar-refractivity contribution in [1.82, 2.24) is 10.7 Å². The Labute approximate surface area is 214 Å². The van der Waals surface area contributed by atoms with Gasteiger partial charge in [0, 0.05) is 12.2 Å². The average molecular weight is 505 g/mol. The van der Waals surface area contributed by atoms with Crippen LogP contribution in [0.25, 0.3) is 0 Å². The van der Waals surface area contributed by atoms with Gasteiger partial charge in [0.2, 0.25) is 0 Å². The second-order valence-corrected chi connectivity index (χ2v) is 7.67. The maximum atomic E-state index is 12.0. The first-order chi connectivity index (χ1) is 18.0. The number of hydrazone groups is 1. The van der Waals surface area contributed by atoms with Gasteiger partial charge in [-0.2, -0.15) is 5.10 Å². The van der Waals surface area contributed by atoms with Crippen LogP contribution >= 0.6 is 0 Å². The van der Waals surface area contributed by atoms with Crippen LogP contribution in [0.5, 0.6) is 17.2 Å². The van der Waals surface area contributed by atoms with E-state index in [4.69, 9.17) is 14.2 Å². The number of ether oxygens (including phenoxy) is 3. The van der Waals surface area contributed by atoms with Gasteiger partial charge in [-0.05, 0) is 53.9 Å². The monoisotopic (exact) mass is 504 g/mol. The Morgan fingerprint density at radius 3 is 2.41 bits per heavy atom. The molecule has 0 radical (unpaired) electrons. The summed E-state index contributed by atoms with van der Waals surface area (Å²) in [7, 11) is 3.10. The molecule has 0 aliphatic rings. The van der Waals surface area contributed by atoms with Crippen molar-refractivity contribution in [2.75, 3.05) is 32.7 Å². The number of methoxy groups -OCH3 is 2. The van der Waals surface area contributed by atoms with Gasteiger partial charge < -0.3 is 24.8 Å². The van der Waals surface area contributed by atoms with Gasteiger partial charge in [0.05, 0.1) is 20.4 Å². The van der Waals surface area contributed by atoms with E-state index in [1.807, 2.05) is 30.3 Å². The molecule has 10 heteroatoms. The fourth-order valence-corrected chi connectivity index (χ4v) is 3.21. The van der Waals surface area contributed by atoms with Crippen LogP contribution in [-0.2, 0) is 20.8 Å². The summed E-state index contributed by atoms with van der Waals surface area (Å²) < 4.78 is 16.0. The lowest BCUT2D eigenvalue weighted by Crippen LogP contribution is -2.38. The number of benzene rings is 3. The Morgan fingerprint density at radius 2 is 1.65 bits per heavy atom. The largest absolute Gasteiger partial charge is 0.493 e. The molecular formula is C27H28N4O6. The summed E-state index contributed by atoms with van der Waals surface area (Å²) in [6.45, 7) is 0.0817. The molecule has 10 nitrogen and oxygen atoms in total. The van der Waals surface area contributed by atoms with Crippen molar-refractivity contribution < 1.29 is 28.6 Å². The SMILES string of the molecule is COc1ccc(CCNC(=O)C(=O)N/N=C\c2cccc(OCC(=O)Nc3ccccc3)c2)cc1OC. The van der Waals surface area contributed by atoms with E-state index in [0.717, 1.165) is 5.56 Å². The smallest absolute Gasteiger partial charge is 0.329 e. The second-order valence-electron chi connectivity index (χ2n) is 7.67. The number of anilines is 1. The molecule has 3 aromatic rings. The Bertz CT molecular complexity index is 1250. The first kappa shape index (κ1) is 26.7. The van der Waals surface area contributed by atoms with Crippen molar-refractivity contribution in [2.24, 2.45) is 5.10 Å². The van der Waals surface area contributed by atoms with Crippen LogP contribution in [0.3, 0.4) is 0 Å². The van der Waals surface area contributed by atoms with Gasteiger partial charge in [-0.1, -0.05) is 36.4 Å². The van der Waals surface area contributed by atoms with E-state index in [0.29, 0.717) is 34.9 Å². The van der Waals surface area contributed by atoms with Gasteiger partial charge in [-0.25, -0.2) is 5.43 Å². The van der Waals surface area contributed by atoms with E-state index in [9.17, 15) is 14.4 Å². The molecule has 0 saturated heterocycles. The number of hydrogen-bond donors (Lipinski definition) is 3. The van der Waals surface area contributed by atoms with Crippen LogP contribution in [0.1, 0.15) is 11.1 Å². The molecule has 0 atom stereocenters. The third-order valence-corrected chi connectivity index (χ3v) is 5.02. The predicted octanol–water partition coefficient (Wildman–Crippen LogP) is 2.53. The molecule has 0 aliphatic heterocycles. The van der Waals surface area contributed by atoms with E-state index < -0.39 is 11.8 Å². The van der Waals surface area contributed by atoms with E-state index >= 15 is 0 Å². The van der Waals surface area contributed by atoms with Crippen LogP contribution in [0.15, 0.2) is 77.9 Å². The van der Waals surface area contributed by atoms with Crippen LogP contribution in [-0.4, -0.2) is 51.3 Å². The summed E-state index contributed by atoms with van der Waals surface area (Å²) >= 11 is 0.